The number of rotatable bonds is 8. The summed E-state index contributed by atoms with van der Waals surface area (Å²) >= 11 is 0. The topological polar surface area (TPSA) is 45.5 Å². The van der Waals surface area contributed by atoms with Gasteiger partial charge >= 0.3 is 0 Å². The highest BCUT2D eigenvalue weighted by atomic mass is 16.5. The summed E-state index contributed by atoms with van der Waals surface area (Å²) in [7, 11) is 3.30. The molecule has 0 saturated carbocycles. The van der Waals surface area contributed by atoms with E-state index in [0.29, 0.717) is 13.0 Å². The van der Waals surface area contributed by atoms with Gasteiger partial charge in [0.05, 0.1) is 31.8 Å². The summed E-state index contributed by atoms with van der Waals surface area (Å²) in [6.07, 6.45) is 0.693. The number of imidazole rings is 1. The van der Waals surface area contributed by atoms with Crippen LogP contribution in [0.5, 0.6) is 17.2 Å². The van der Waals surface area contributed by atoms with Gasteiger partial charge in [-0.3, -0.25) is 0 Å². The molecule has 1 heterocycles. The van der Waals surface area contributed by atoms with Gasteiger partial charge in [0.25, 0.3) is 0 Å². The lowest BCUT2D eigenvalue weighted by molar-refractivity contribution is 0.296. The number of hydrogen-bond acceptors (Lipinski definition) is 4. The highest BCUT2D eigenvalue weighted by Crippen LogP contribution is 2.29. The molecule has 1 aromatic heterocycles. The lowest BCUT2D eigenvalue weighted by Crippen LogP contribution is -2.12. The quantitative estimate of drug-likeness (QED) is 0.389. The Balaban J connectivity index is 1.58. The molecule has 0 aliphatic carbocycles. The zero-order valence-electron chi connectivity index (χ0n) is 18.5. The average molecular weight is 417 g/mol. The molecule has 5 heteroatoms. The second kappa shape index (κ2) is 9.13. The van der Waals surface area contributed by atoms with E-state index in [9.17, 15) is 0 Å². The molecular weight excluding hydrogens is 388 g/mol. The molecular formula is C26H28N2O3. The van der Waals surface area contributed by atoms with Gasteiger partial charge in [0.15, 0.2) is 11.5 Å². The van der Waals surface area contributed by atoms with Crippen molar-refractivity contribution in [2.45, 2.75) is 26.8 Å². The minimum absolute atomic E-state index is 0.573. The Morgan fingerprint density at radius 3 is 2.39 bits per heavy atom. The molecule has 0 aliphatic rings. The molecule has 0 saturated heterocycles. The molecule has 0 unspecified atom stereocenters. The molecule has 31 heavy (non-hydrogen) atoms. The van der Waals surface area contributed by atoms with E-state index in [1.54, 1.807) is 14.2 Å². The SMILES string of the molecule is COc1ccc(Cc2nc3ccccc3n2CCOc2ccc(C)cc2C)cc1OC. The average Bonchev–Trinajstić information content (AvgIpc) is 3.12. The fourth-order valence-electron chi connectivity index (χ4n) is 3.89. The van der Waals surface area contributed by atoms with E-state index in [0.717, 1.165) is 51.8 Å². The smallest absolute Gasteiger partial charge is 0.161 e. The summed E-state index contributed by atoms with van der Waals surface area (Å²) in [6, 6.07) is 20.5. The van der Waals surface area contributed by atoms with Gasteiger partial charge in [0.1, 0.15) is 18.2 Å². The predicted octanol–water partition coefficient (Wildman–Crippen LogP) is 5.34. The van der Waals surface area contributed by atoms with Crippen LogP contribution < -0.4 is 14.2 Å². The summed E-state index contributed by atoms with van der Waals surface area (Å²) in [5.41, 5.74) is 5.61. The maximum absolute atomic E-state index is 6.10. The van der Waals surface area contributed by atoms with Crippen LogP contribution in [0.15, 0.2) is 60.7 Å². The van der Waals surface area contributed by atoms with Crippen LogP contribution in [-0.2, 0) is 13.0 Å². The standard InChI is InChI=1S/C26H28N2O3/c1-18-9-11-23(19(2)15-18)31-14-13-28-22-8-6-5-7-21(22)27-26(28)17-20-10-12-24(29-3)25(16-20)30-4/h5-12,15-16H,13-14,17H2,1-4H3. The van der Waals surface area contributed by atoms with Gasteiger partial charge < -0.3 is 18.8 Å². The molecule has 0 amide bonds. The van der Waals surface area contributed by atoms with Gasteiger partial charge in [-0.15, -0.1) is 0 Å². The lowest BCUT2D eigenvalue weighted by atomic mass is 10.1. The molecule has 0 aliphatic heterocycles. The number of para-hydroxylation sites is 2. The lowest BCUT2D eigenvalue weighted by Gasteiger charge is -2.13. The Labute approximate surface area is 183 Å². The van der Waals surface area contributed by atoms with Crippen LogP contribution in [0.25, 0.3) is 11.0 Å². The van der Waals surface area contributed by atoms with E-state index in [1.807, 2.05) is 30.3 Å². The van der Waals surface area contributed by atoms with E-state index in [1.165, 1.54) is 5.56 Å². The molecule has 0 radical (unpaired) electrons. The van der Waals surface area contributed by atoms with Crippen molar-refractivity contribution in [2.75, 3.05) is 20.8 Å². The molecule has 0 bridgehead atoms. The van der Waals surface area contributed by atoms with Crippen molar-refractivity contribution in [3.63, 3.8) is 0 Å². The number of methoxy groups -OCH3 is 2. The third kappa shape index (κ3) is 4.50. The van der Waals surface area contributed by atoms with Crippen LogP contribution >= 0.6 is 0 Å². The van der Waals surface area contributed by atoms with Crippen molar-refractivity contribution < 1.29 is 14.2 Å². The molecule has 0 fully saturated rings. The van der Waals surface area contributed by atoms with Crippen LogP contribution in [0.4, 0.5) is 0 Å². The second-order valence-corrected chi connectivity index (χ2v) is 7.65. The van der Waals surface area contributed by atoms with E-state index >= 15 is 0 Å². The highest BCUT2D eigenvalue weighted by Gasteiger charge is 2.13. The first-order valence-electron chi connectivity index (χ1n) is 10.4. The predicted molar refractivity (Wildman–Crippen MR) is 123 cm³/mol. The van der Waals surface area contributed by atoms with Crippen molar-refractivity contribution in [2.24, 2.45) is 0 Å². The van der Waals surface area contributed by atoms with Gasteiger partial charge in [-0.05, 0) is 55.3 Å². The highest BCUT2D eigenvalue weighted by molar-refractivity contribution is 5.76. The first-order chi connectivity index (χ1) is 15.1. The first kappa shape index (κ1) is 20.8. The molecule has 0 N–H and O–H groups in total. The fourth-order valence-corrected chi connectivity index (χ4v) is 3.89. The van der Waals surface area contributed by atoms with Crippen LogP contribution in [0.3, 0.4) is 0 Å². The largest absolute Gasteiger partial charge is 0.493 e. The van der Waals surface area contributed by atoms with Crippen molar-refractivity contribution in [3.8, 4) is 17.2 Å². The number of ether oxygens (including phenoxy) is 3. The van der Waals surface area contributed by atoms with Crippen molar-refractivity contribution in [3.05, 3.63) is 83.2 Å². The summed E-state index contributed by atoms with van der Waals surface area (Å²) in [4.78, 5) is 4.90. The van der Waals surface area contributed by atoms with Crippen LogP contribution in [0, 0.1) is 13.8 Å². The van der Waals surface area contributed by atoms with E-state index in [2.05, 4.69) is 48.7 Å². The van der Waals surface area contributed by atoms with Gasteiger partial charge in [-0.2, -0.15) is 0 Å². The van der Waals surface area contributed by atoms with Crippen LogP contribution in [0.2, 0.25) is 0 Å². The first-order valence-corrected chi connectivity index (χ1v) is 10.4. The number of hydrogen-bond donors (Lipinski definition) is 0. The zero-order valence-corrected chi connectivity index (χ0v) is 18.5. The second-order valence-electron chi connectivity index (χ2n) is 7.65. The molecule has 4 rings (SSSR count). The Kier molecular flexibility index (Phi) is 6.12. The number of aromatic nitrogens is 2. The van der Waals surface area contributed by atoms with Crippen LogP contribution in [-0.4, -0.2) is 30.4 Å². The summed E-state index contributed by atoms with van der Waals surface area (Å²) < 4.78 is 19.2. The maximum Gasteiger partial charge on any atom is 0.161 e. The van der Waals surface area contributed by atoms with E-state index in [4.69, 9.17) is 19.2 Å². The summed E-state index contributed by atoms with van der Waals surface area (Å²) in [5, 5.41) is 0. The van der Waals surface area contributed by atoms with E-state index in [-0.39, 0.29) is 0 Å². The fraction of sp³-hybridized carbons (Fsp3) is 0.269. The molecule has 5 nitrogen and oxygen atoms in total. The van der Waals surface area contributed by atoms with E-state index < -0.39 is 0 Å². The molecule has 0 atom stereocenters. The number of nitrogens with zero attached hydrogens (tertiary/aromatic N) is 2. The Morgan fingerprint density at radius 2 is 1.61 bits per heavy atom. The summed E-state index contributed by atoms with van der Waals surface area (Å²) in [6.45, 7) is 5.46. The van der Waals surface area contributed by atoms with Gasteiger partial charge in [0, 0.05) is 6.42 Å². The Bertz CT molecular complexity index is 1200. The van der Waals surface area contributed by atoms with Crippen molar-refractivity contribution in [1.29, 1.82) is 0 Å². The van der Waals surface area contributed by atoms with Gasteiger partial charge in [-0.1, -0.05) is 35.9 Å². The van der Waals surface area contributed by atoms with Gasteiger partial charge in [-0.25, -0.2) is 4.98 Å². The van der Waals surface area contributed by atoms with Gasteiger partial charge in [0.2, 0.25) is 0 Å². The third-order valence-corrected chi connectivity index (χ3v) is 5.45. The summed E-state index contributed by atoms with van der Waals surface area (Å²) in [5.74, 6) is 3.37. The third-order valence-electron chi connectivity index (χ3n) is 5.45. The zero-order chi connectivity index (χ0) is 21.8. The number of aryl methyl sites for hydroxylation is 2. The van der Waals surface area contributed by atoms with Crippen LogP contribution in [0.1, 0.15) is 22.5 Å². The monoisotopic (exact) mass is 416 g/mol. The molecule has 4 aromatic rings. The Hall–Kier alpha value is -3.47. The molecule has 0 spiro atoms. The normalized spacial score (nSPS) is 11.0. The Morgan fingerprint density at radius 1 is 0.839 bits per heavy atom. The molecule has 160 valence electrons. The minimum Gasteiger partial charge on any atom is -0.493 e. The maximum atomic E-state index is 6.10. The van der Waals surface area contributed by atoms with Crippen molar-refractivity contribution >= 4 is 11.0 Å². The minimum atomic E-state index is 0.573. The van der Waals surface area contributed by atoms with Crippen molar-refractivity contribution in [1.82, 2.24) is 9.55 Å². The molecule has 3 aromatic carbocycles. The number of benzene rings is 3. The number of fused-ring (bicyclic) bond motifs is 1.